The monoisotopic (exact) mass is 224 g/mol. The first-order valence-electron chi connectivity index (χ1n) is 4.16. The molecule has 0 aliphatic carbocycles. The van der Waals surface area contributed by atoms with Crippen molar-refractivity contribution in [3.63, 3.8) is 0 Å². The molecule has 78 valence electrons. The minimum atomic E-state index is -4.21. The van der Waals surface area contributed by atoms with Crippen LogP contribution in [0.1, 0.15) is 0 Å². The summed E-state index contributed by atoms with van der Waals surface area (Å²) in [5, 5.41) is 6.44. The first-order chi connectivity index (χ1) is 7.09. The number of nitrogens with one attached hydrogen (secondary N) is 1. The lowest BCUT2D eigenvalue weighted by Gasteiger charge is -2.02. The fourth-order valence-electron chi connectivity index (χ4n) is 1.31. The minimum Gasteiger partial charge on any atom is -0.285 e. The Kier molecular flexibility index (Phi) is 2.29. The number of rotatable bonds is 2. The molecule has 0 fully saturated rings. The van der Waals surface area contributed by atoms with Gasteiger partial charge in [-0.05, 0) is 12.1 Å². The second-order valence-electron chi connectivity index (χ2n) is 2.93. The van der Waals surface area contributed by atoms with E-state index in [9.17, 15) is 8.42 Å². The largest absolute Gasteiger partial charge is 0.295 e. The van der Waals surface area contributed by atoms with Gasteiger partial charge in [0.25, 0.3) is 10.1 Å². The Hall–Kier alpha value is -1.66. The van der Waals surface area contributed by atoms with Crippen molar-refractivity contribution < 1.29 is 13.0 Å². The van der Waals surface area contributed by atoms with Crippen molar-refractivity contribution in [2.75, 3.05) is 0 Å². The molecule has 1 heterocycles. The lowest BCUT2D eigenvalue weighted by Crippen LogP contribution is -2.00. The van der Waals surface area contributed by atoms with Crippen LogP contribution < -0.4 is 0 Å². The summed E-state index contributed by atoms with van der Waals surface area (Å²) in [5.41, 5.74) is 0.851. The van der Waals surface area contributed by atoms with Gasteiger partial charge in [0.05, 0.1) is 5.69 Å². The molecule has 1 aromatic carbocycles. The zero-order valence-corrected chi connectivity index (χ0v) is 8.40. The maximum atomic E-state index is 11.1. The summed E-state index contributed by atoms with van der Waals surface area (Å²) in [5.74, 6) is 0. The molecule has 5 nitrogen and oxygen atoms in total. The summed E-state index contributed by atoms with van der Waals surface area (Å²) in [7, 11) is -4.21. The summed E-state index contributed by atoms with van der Waals surface area (Å²) >= 11 is 0. The van der Waals surface area contributed by atoms with E-state index < -0.39 is 10.1 Å². The van der Waals surface area contributed by atoms with Gasteiger partial charge in [0, 0.05) is 11.8 Å². The quantitative estimate of drug-likeness (QED) is 0.754. The molecule has 15 heavy (non-hydrogen) atoms. The van der Waals surface area contributed by atoms with Gasteiger partial charge in [0.15, 0.2) is 0 Å². The molecule has 2 aromatic rings. The molecule has 2 N–H and O–H groups in total. The van der Waals surface area contributed by atoms with Crippen molar-refractivity contribution in [2.45, 2.75) is 4.90 Å². The highest BCUT2D eigenvalue weighted by Crippen LogP contribution is 2.24. The molecule has 0 spiro atoms. The molecule has 0 bridgehead atoms. The van der Waals surface area contributed by atoms with E-state index in [0.717, 1.165) is 0 Å². The maximum absolute atomic E-state index is 11.1. The molecule has 0 unspecified atom stereocenters. The van der Waals surface area contributed by atoms with Crippen LogP contribution >= 0.6 is 0 Å². The van der Waals surface area contributed by atoms with Crippen LogP contribution in [0.2, 0.25) is 0 Å². The number of hydrogen-bond acceptors (Lipinski definition) is 3. The van der Waals surface area contributed by atoms with E-state index >= 15 is 0 Å². The average Bonchev–Trinajstić information content (AvgIpc) is 2.69. The fourth-order valence-corrected chi connectivity index (χ4v) is 2.01. The Bertz CT molecular complexity index is 561. The highest BCUT2D eigenvalue weighted by Gasteiger charge is 2.16. The molecule has 0 saturated heterocycles. The number of aromatic amines is 1. The molecule has 0 radical (unpaired) electrons. The van der Waals surface area contributed by atoms with Crippen molar-refractivity contribution in [1.82, 2.24) is 10.2 Å². The molecule has 2 rings (SSSR count). The van der Waals surface area contributed by atoms with Crippen molar-refractivity contribution in [3.8, 4) is 11.3 Å². The van der Waals surface area contributed by atoms with Crippen LogP contribution in [0.3, 0.4) is 0 Å². The van der Waals surface area contributed by atoms with Gasteiger partial charge in [-0.1, -0.05) is 18.2 Å². The van der Waals surface area contributed by atoms with Gasteiger partial charge >= 0.3 is 0 Å². The number of nitrogens with zero attached hydrogens (tertiary/aromatic N) is 1. The average molecular weight is 224 g/mol. The number of H-pyrrole nitrogens is 1. The van der Waals surface area contributed by atoms with E-state index in [1.807, 2.05) is 0 Å². The SMILES string of the molecule is O=S(=O)(O)c1ccccc1-c1cc[nH]n1. The topological polar surface area (TPSA) is 83.0 Å². The molecular weight excluding hydrogens is 216 g/mol. The Morgan fingerprint density at radius 1 is 1.20 bits per heavy atom. The Morgan fingerprint density at radius 2 is 1.93 bits per heavy atom. The molecule has 0 aliphatic heterocycles. The predicted octanol–water partition coefficient (Wildman–Crippen LogP) is 1.32. The molecule has 0 aliphatic rings. The molecule has 0 saturated carbocycles. The van der Waals surface area contributed by atoms with Crippen molar-refractivity contribution >= 4 is 10.1 Å². The van der Waals surface area contributed by atoms with Crippen LogP contribution in [0.25, 0.3) is 11.3 Å². The molecule has 0 amide bonds. The Labute approximate surface area is 86.5 Å². The van der Waals surface area contributed by atoms with Gasteiger partial charge in [-0.3, -0.25) is 9.65 Å². The van der Waals surface area contributed by atoms with Crippen LogP contribution in [-0.2, 0) is 10.1 Å². The van der Waals surface area contributed by atoms with E-state index in [0.29, 0.717) is 11.3 Å². The summed E-state index contributed by atoms with van der Waals surface area (Å²) < 4.78 is 31.1. The Morgan fingerprint density at radius 3 is 2.53 bits per heavy atom. The standard InChI is InChI=1S/C9H8N2O3S/c12-15(13,14)9-4-2-1-3-7(9)8-5-6-10-11-8/h1-6H,(H,10,11)(H,12,13,14). The third kappa shape index (κ3) is 1.90. The second kappa shape index (κ2) is 3.48. The summed E-state index contributed by atoms with van der Waals surface area (Å²) in [6.45, 7) is 0. The normalized spacial score (nSPS) is 11.5. The van der Waals surface area contributed by atoms with Crippen LogP contribution in [0.15, 0.2) is 41.4 Å². The van der Waals surface area contributed by atoms with Gasteiger partial charge in [-0.25, -0.2) is 0 Å². The van der Waals surface area contributed by atoms with Crippen LogP contribution in [0.4, 0.5) is 0 Å². The van der Waals surface area contributed by atoms with Gasteiger partial charge in [-0.15, -0.1) is 0 Å². The zero-order valence-electron chi connectivity index (χ0n) is 7.58. The Balaban J connectivity index is 2.68. The van der Waals surface area contributed by atoms with E-state index in [4.69, 9.17) is 4.55 Å². The highest BCUT2D eigenvalue weighted by atomic mass is 32.2. The van der Waals surface area contributed by atoms with Gasteiger partial charge in [0.1, 0.15) is 4.90 Å². The first-order valence-corrected chi connectivity index (χ1v) is 5.60. The van der Waals surface area contributed by atoms with Crippen molar-refractivity contribution in [2.24, 2.45) is 0 Å². The lowest BCUT2D eigenvalue weighted by molar-refractivity contribution is 0.483. The summed E-state index contributed by atoms with van der Waals surface area (Å²) in [4.78, 5) is -0.142. The van der Waals surface area contributed by atoms with E-state index in [-0.39, 0.29) is 4.90 Å². The molecule has 0 atom stereocenters. The third-order valence-electron chi connectivity index (χ3n) is 1.94. The number of aromatic nitrogens is 2. The summed E-state index contributed by atoms with van der Waals surface area (Å²) in [6, 6.07) is 7.76. The van der Waals surface area contributed by atoms with Gasteiger partial charge in [-0.2, -0.15) is 13.5 Å². The second-order valence-corrected chi connectivity index (χ2v) is 4.32. The first kappa shape index (κ1) is 9.88. The summed E-state index contributed by atoms with van der Waals surface area (Å²) in [6.07, 6.45) is 1.58. The molecule has 1 aromatic heterocycles. The van der Waals surface area contributed by atoms with E-state index in [2.05, 4.69) is 10.2 Å². The smallest absolute Gasteiger partial charge is 0.285 e. The van der Waals surface area contributed by atoms with Gasteiger partial charge < -0.3 is 0 Å². The van der Waals surface area contributed by atoms with Crippen molar-refractivity contribution in [1.29, 1.82) is 0 Å². The van der Waals surface area contributed by atoms with Crippen molar-refractivity contribution in [3.05, 3.63) is 36.5 Å². The van der Waals surface area contributed by atoms with Gasteiger partial charge in [0.2, 0.25) is 0 Å². The minimum absolute atomic E-state index is 0.142. The fraction of sp³-hybridized carbons (Fsp3) is 0. The lowest BCUT2D eigenvalue weighted by atomic mass is 10.1. The molecule has 6 heteroatoms. The number of benzene rings is 1. The van der Waals surface area contributed by atoms with Crippen LogP contribution in [0.5, 0.6) is 0 Å². The number of hydrogen-bond donors (Lipinski definition) is 2. The van der Waals surface area contributed by atoms with E-state index in [1.165, 1.54) is 6.07 Å². The van der Waals surface area contributed by atoms with E-state index in [1.54, 1.807) is 30.5 Å². The van der Waals surface area contributed by atoms with Crippen LogP contribution in [-0.4, -0.2) is 23.2 Å². The third-order valence-corrected chi connectivity index (χ3v) is 2.85. The highest BCUT2D eigenvalue weighted by molar-refractivity contribution is 7.86. The van der Waals surface area contributed by atoms with Crippen LogP contribution in [0, 0.1) is 0 Å². The molecular formula is C9H8N2O3S. The zero-order chi connectivity index (χ0) is 10.9. The maximum Gasteiger partial charge on any atom is 0.295 e. The predicted molar refractivity (Wildman–Crippen MR) is 53.8 cm³/mol.